The SMILES string of the molecule is CC[C@H](O)c1ccc(Sc2cnn(C)c2)cc1. The molecule has 0 aliphatic carbocycles. The van der Waals surface area contributed by atoms with Gasteiger partial charge in [-0.15, -0.1) is 0 Å². The minimum absolute atomic E-state index is 0.354. The fraction of sp³-hybridized carbons (Fsp3) is 0.308. The number of benzene rings is 1. The molecule has 1 aromatic heterocycles. The molecule has 4 heteroatoms. The highest BCUT2D eigenvalue weighted by atomic mass is 32.2. The van der Waals surface area contributed by atoms with Gasteiger partial charge in [0.15, 0.2) is 0 Å². The van der Waals surface area contributed by atoms with Gasteiger partial charge in [0.25, 0.3) is 0 Å². The summed E-state index contributed by atoms with van der Waals surface area (Å²) in [6.07, 6.45) is 4.22. The fourth-order valence-electron chi connectivity index (χ4n) is 1.58. The zero-order valence-electron chi connectivity index (χ0n) is 10.00. The Kier molecular flexibility index (Phi) is 3.86. The lowest BCUT2D eigenvalue weighted by molar-refractivity contribution is 0.173. The van der Waals surface area contributed by atoms with Gasteiger partial charge < -0.3 is 5.11 Å². The van der Waals surface area contributed by atoms with Crippen molar-refractivity contribution in [3.8, 4) is 0 Å². The first-order valence-corrected chi connectivity index (χ1v) is 6.45. The lowest BCUT2D eigenvalue weighted by atomic mass is 10.1. The molecular weight excluding hydrogens is 232 g/mol. The molecule has 0 bridgehead atoms. The first-order chi connectivity index (χ1) is 8.19. The van der Waals surface area contributed by atoms with Gasteiger partial charge in [-0.05, 0) is 24.1 Å². The molecular formula is C13H16N2OS. The molecule has 1 aromatic carbocycles. The number of aromatic nitrogens is 2. The minimum Gasteiger partial charge on any atom is -0.388 e. The van der Waals surface area contributed by atoms with Crippen LogP contribution in [0.2, 0.25) is 0 Å². The van der Waals surface area contributed by atoms with E-state index in [0.29, 0.717) is 0 Å². The standard InChI is InChI=1S/C13H16N2OS/c1-3-13(16)10-4-6-11(7-5-10)17-12-8-14-15(2)9-12/h4-9,13,16H,3H2,1-2H3/t13-/m0/s1. The normalized spacial score (nSPS) is 12.6. The maximum Gasteiger partial charge on any atom is 0.0787 e. The van der Waals surface area contributed by atoms with Crippen molar-refractivity contribution in [1.29, 1.82) is 0 Å². The maximum atomic E-state index is 9.69. The summed E-state index contributed by atoms with van der Waals surface area (Å²) in [5.74, 6) is 0. The van der Waals surface area contributed by atoms with Crippen molar-refractivity contribution in [3.63, 3.8) is 0 Å². The zero-order chi connectivity index (χ0) is 12.3. The Labute approximate surface area is 105 Å². The molecule has 0 aliphatic rings. The van der Waals surface area contributed by atoms with Crippen molar-refractivity contribution in [2.75, 3.05) is 0 Å². The lowest BCUT2D eigenvalue weighted by Crippen LogP contribution is -1.93. The van der Waals surface area contributed by atoms with Gasteiger partial charge in [0, 0.05) is 18.1 Å². The number of aliphatic hydroxyl groups excluding tert-OH is 1. The van der Waals surface area contributed by atoms with Crippen LogP contribution < -0.4 is 0 Å². The molecule has 3 nitrogen and oxygen atoms in total. The third-order valence-corrected chi connectivity index (χ3v) is 3.52. The van der Waals surface area contributed by atoms with E-state index in [1.807, 2.05) is 50.6 Å². The Bertz CT molecular complexity index is 478. The number of rotatable bonds is 4. The Morgan fingerprint density at radius 2 is 2.00 bits per heavy atom. The average molecular weight is 248 g/mol. The van der Waals surface area contributed by atoms with Gasteiger partial charge in [-0.3, -0.25) is 4.68 Å². The summed E-state index contributed by atoms with van der Waals surface area (Å²) >= 11 is 1.67. The molecule has 0 fully saturated rings. The first kappa shape index (κ1) is 12.2. The van der Waals surface area contributed by atoms with E-state index in [9.17, 15) is 5.11 Å². The summed E-state index contributed by atoms with van der Waals surface area (Å²) in [7, 11) is 1.91. The largest absolute Gasteiger partial charge is 0.388 e. The summed E-state index contributed by atoms with van der Waals surface area (Å²) in [5.41, 5.74) is 0.975. The van der Waals surface area contributed by atoms with Crippen LogP contribution in [0.4, 0.5) is 0 Å². The number of aryl methyl sites for hydroxylation is 1. The third kappa shape index (κ3) is 3.11. The van der Waals surface area contributed by atoms with E-state index in [-0.39, 0.29) is 6.10 Å². The maximum absolute atomic E-state index is 9.69. The second kappa shape index (κ2) is 5.38. The van der Waals surface area contributed by atoms with Crippen LogP contribution >= 0.6 is 11.8 Å². The van der Waals surface area contributed by atoms with Crippen molar-refractivity contribution >= 4 is 11.8 Å². The topological polar surface area (TPSA) is 38.1 Å². The van der Waals surface area contributed by atoms with Crippen molar-refractivity contribution in [3.05, 3.63) is 42.2 Å². The summed E-state index contributed by atoms with van der Waals surface area (Å²) in [6.45, 7) is 1.98. The average Bonchev–Trinajstić information content (AvgIpc) is 2.75. The van der Waals surface area contributed by atoms with E-state index in [0.717, 1.165) is 21.8 Å². The highest BCUT2D eigenvalue weighted by Crippen LogP contribution is 2.28. The van der Waals surface area contributed by atoms with Crippen LogP contribution in [0.3, 0.4) is 0 Å². The zero-order valence-corrected chi connectivity index (χ0v) is 10.8. The Hall–Kier alpha value is -1.26. The molecule has 0 aliphatic heterocycles. The van der Waals surface area contributed by atoms with E-state index >= 15 is 0 Å². The fourth-order valence-corrected chi connectivity index (χ4v) is 2.43. The highest BCUT2D eigenvalue weighted by Gasteiger charge is 2.05. The molecule has 17 heavy (non-hydrogen) atoms. The molecule has 90 valence electrons. The molecule has 0 amide bonds. The van der Waals surface area contributed by atoms with Gasteiger partial charge in [-0.1, -0.05) is 30.8 Å². The summed E-state index contributed by atoms with van der Waals surface area (Å²) in [5, 5.41) is 13.8. The van der Waals surface area contributed by atoms with Gasteiger partial charge in [-0.2, -0.15) is 5.10 Å². The van der Waals surface area contributed by atoms with Crippen molar-refractivity contribution < 1.29 is 5.11 Å². The van der Waals surface area contributed by atoms with Crippen LogP contribution in [0.1, 0.15) is 25.0 Å². The monoisotopic (exact) mass is 248 g/mol. The number of nitrogens with zero attached hydrogens (tertiary/aromatic N) is 2. The van der Waals surface area contributed by atoms with Crippen LogP contribution in [0.5, 0.6) is 0 Å². The van der Waals surface area contributed by atoms with E-state index in [2.05, 4.69) is 5.10 Å². The molecule has 0 saturated heterocycles. The van der Waals surface area contributed by atoms with Crippen molar-refractivity contribution in [1.82, 2.24) is 9.78 Å². The second-order valence-electron chi connectivity index (χ2n) is 3.94. The lowest BCUT2D eigenvalue weighted by Gasteiger charge is -2.08. The highest BCUT2D eigenvalue weighted by molar-refractivity contribution is 7.99. The summed E-state index contributed by atoms with van der Waals surface area (Å²) in [4.78, 5) is 2.28. The number of hydrogen-bond acceptors (Lipinski definition) is 3. The third-order valence-electron chi connectivity index (χ3n) is 2.57. The molecule has 0 unspecified atom stereocenters. The van der Waals surface area contributed by atoms with Crippen LogP contribution in [0.15, 0.2) is 46.5 Å². The Balaban J connectivity index is 2.08. The smallest absolute Gasteiger partial charge is 0.0787 e. The van der Waals surface area contributed by atoms with E-state index in [1.54, 1.807) is 16.4 Å². The van der Waals surface area contributed by atoms with E-state index in [4.69, 9.17) is 0 Å². The predicted octanol–water partition coefficient (Wildman–Crippen LogP) is 3.01. The van der Waals surface area contributed by atoms with Crippen LogP contribution in [0, 0.1) is 0 Å². The van der Waals surface area contributed by atoms with Gasteiger partial charge >= 0.3 is 0 Å². The quantitative estimate of drug-likeness (QED) is 0.904. The molecule has 0 saturated carbocycles. The molecule has 1 heterocycles. The molecule has 2 aromatic rings. The van der Waals surface area contributed by atoms with E-state index < -0.39 is 0 Å². The number of hydrogen-bond donors (Lipinski definition) is 1. The molecule has 0 spiro atoms. The summed E-state index contributed by atoms with van der Waals surface area (Å²) in [6, 6.07) is 8.03. The molecule has 1 atom stereocenters. The van der Waals surface area contributed by atoms with Gasteiger partial charge in [0.2, 0.25) is 0 Å². The van der Waals surface area contributed by atoms with Crippen molar-refractivity contribution in [2.45, 2.75) is 29.2 Å². The molecule has 1 N–H and O–H groups in total. The van der Waals surface area contributed by atoms with E-state index in [1.165, 1.54) is 0 Å². The van der Waals surface area contributed by atoms with Crippen molar-refractivity contribution in [2.24, 2.45) is 7.05 Å². The van der Waals surface area contributed by atoms with Gasteiger partial charge in [0.1, 0.15) is 0 Å². The Morgan fingerprint density at radius 3 is 2.53 bits per heavy atom. The van der Waals surface area contributed by atoms with Crippen LogP contribution in [0.25, 0.3) is 0 Å². The predicted molar refractivity (Wildman–Crippen MR) is 69.0 cm³/mol. The number of aliphatic hydroxyl groups is 1. The van der Waals surface area contributed by atoms with Crippen LogP contribution in [-0.4, -0.2) is 14.9 Å². The minimum atomic E-state index is -0.354. The molecule has 0 radical (unpaired) electrons. The summed E-state index contributed by atoms with van der Waals surface area (Å²) < 4.78 is 1.79. The van der Waals surface area contributed by atoms with Gasteiger partial charge in [-0.25, -0.2) is 0 Å². The van der Waals surface area contributed by atoms with Crippen LogP contribution in [-0.2, 0) is 7.05 Å². The van der Waals surface area contributed by atoms with Gasteiger partial charge in [0.05, 0.1) is 17.2 Å². The second-order valence-corrected chi connectivity index (χ2v) is 5.09. The molecule has 2 rings (SSSR count). The Morgan fingerprint density at radius 1 is 1.29 bits per heavy atom. The first-order valence-electron chi connectivity index (χ1n) is 5.63.